The van der Waals surface area contributed by atoms with Crippen molar-refractivity contribution in [2.24, 2.45) is 0 Å². The van der Waals surface area contributed by atoms with Gasteiger partial charge in [-0.2, -0.15) is 0 Å². The smallest absolute Gasteiger partial charge is 0.257 e. The molecule has 0 aliphatic carbocycles. The van der Waals surface area contributed by atoms with Crippen LogP contribution in [0, 0.1) is 6.92 Å². The molecule has 0 radical (unpaired) electrons. The van der Waals surface area contributed by atoms with Gasteiger partial charge in [0.05, 0.1) is 11.3 Å². The van der Waals surface area contributed by atoms with Crippen molar-refractivity contribution in [2.75, 3.05) is 17.2 Å². The highest BCUT2D eigenvalue weighted by Crippen LogP contribution is 2.31. The number of fused-ring (bicyclic) bond motifs is 1. The van der Waals surface area contributed by atoms with E-state index < -0.39 is 0 Å². The molecule has 3 heterocycles. The second kappa shape index (κ2) is 9.96. The molecule has 1 atom stereocenters. The molecule has 7 nitrogen and oxygen atoms in total. The Morgan fingerprint density at radius 3 is 2.66 bits per heavy atom. The number of pyridine rings is 2. The fraction of sp³-hybridized carbons (Fsp3) is 0.333. The number of nitrogens with one attached hydrogen (secondary N) is 2. The van der Waals surface area contributed by atoms with E-state index in [1.807, 2.05) is 48.2 Å². The fourth-order valence-electron chi connectivity index (χ4n) is 4.05. The van der Waals surface area contributed by atoms with Crippen LogP contribution in [-0.2, 0) is 4.79 Å². The minimum absolute atomic E-state index is 0. The summed E-state index contributed by atoms with van der Waals surface area (Å²) in [6.45, 7) is 6.24. The van der Waals surface area contributed by atoms with E-state index in [9.17, 15) is 9.59 Å². The largest absolute Gasteiger partial charge is 0.354 e. The summed E-state index contributed by atoms with van der Waals surface area (Å²) in [5.74, 6) is -0.163. The third-order valence-corrected chi connectivity index (χ3v) is 5.62. The van der Waals surface area contributed by atoms with Gasteiger partial charge in [-0.15, -0.1) is 12.4 Å². The van der Waals surface area contributed by atoms with Crippen LogP contribution in [0.15, 0.2) is 42.6 Å². The van der Waals surface area contributed by atoms with Gasteiger partial charge in [-0.25, -0.2) is 9.97 Å². The molecular formula is C24H28ClN5O2. The maximum atomic E-state index is 13.5. The number of aryl methyl sites for hydroxylation is 1. The van der Waals surface area contributed by atoms with Gasteiger partial charge in [-0.05, 0) is 63.4 Å². The maximum Gasteiger partial charge on any atom is 0.257 e. The summed E-state index contributed by atoms with van der Waals surface area (Å²) < 4.78 is 0. The number of hydrogen-bond acceptors (Lipinski definition) is 5. The van der Waals surface area contributed by atoms with Gasteiger partial charge in [0.15, 0.2) is 5.65 Å². The Bertz CT molecular complexity index is 1150. The van der Waals surface area contributed by atoms with Crippen LogP contribution < -0.4 is 10.6 Å². The number of aromatic nitrogens is 2. The predicted molar refractivity (Wildman–Crippen MR) is 130 cm³/mol. The maximum absolute atomic E-state index is 13.5. The number of anilines is 3. The van der Waals surface area contributed by atoms with Gasteiger partial charge >= 0.3 is 0 Å². The number of benzene rings is 1. The lowest BCUT2D eigenvalue weighted by molar-refractivity contribution is -0.114. The number of amides is 2. The molecule has 1 aromatic carbocycles. The van der Waals surface area contributed by atoms with E-state index in [1.165, 1.54) is 6.92 Å². The Balaban J connectivity index is 0.00000289. The number of carbonyl (C=O) groups excluding carboxylic acids is 2. The lowest BCUT2D eigenvalue weighted by atomic mass is 10.0. The minimum atomic E-state index is -0.138. The molecular weight excluding hydrogens is 426 g/mol. The molecule has 4 rings (SSSR count). The van der Waals surface area contributed by atoms with E-state index in [1.54, 1.807) is 6.20 Å². The lowest BCUT2D eigenvalue weighted by Gasteiger charge is -2.34. The Kier molecular flexibility index (Phi) is 7.30. The standard InChI is InChI=1S/C24H27N5O2.ClH/c1-15-10-11-20-22(28-19-9-6-8-18(13-19)27-17(3)30)21(14-25-23(20)26-15)24(31)29-12-5-4-7-16(29)2;/h6,8-11,13-14,16H,4-5,7,12H2,1-3H3,(H,27,30)(H,25,26,28);1H. The molecule has 8 heteroatoms. The van der Waals surface area contributed by atoms with Crippen LogP contribution in [0.5, 0.6) is 0 Å². The third kappa shape index (κ3) is 4.99. The summed E-state index contributed by atoms with van der Waals surface area (Å²) in [7, 11) is 0. The second-order valence-electron chi connectivity index (χ2n) is 8.10. The fourth-order valence-corrected chi connectivity index (χ4v) is 4.05. The zero-order chi connectivity index (χ0) is 22.0. The zero-order valence-electron chi connectivity index (χ0n) is 18.5. The molecule has 168 valence electrons. The van der Waals surface area contributed by atoms with Crippen molar-refractivity contribution in [3.05, 3.63) is 53.9 Å². The Hall–Kier alpha value is -3.19. The SMILES string of the molecule is CC(=O)Nc1cccc(Nc2c(C(=O)N3CCCCC3C)cnc3nc(C)ccc23)c1.Cl. The van der Waals surface area contributed by atoms with Crippen LogP contribution in [0.4, 0.5) is 17.1 Å². The number of halogens is 1. The molecule has 2 amide bonds. The summed E-state index contributed by atoms with van der Waals surface area (Å²) in [5.41, 5.74) is 4.10. The van der Waals surface area contributed by atoms with Gasteiger partial charge < -0.3 is 15.5 Å². The van der Waals surface area contributed by atoms with E-state index in [4.69, 9.17) is 0 Å². The lowest BCUT2D eigenvalue weighted by Crippen LogP contribution is -2.42. The van der Waals surface area contributed by atoms with Crippen molar-refractivity contribution in [1.82, 2.24) is 14.9 Å². The summed E-state index contributed by atoms with van der Waals surface area (Å²) in [6, 6.07) is 11.5. The van der Waals surface area contributed by atoms with E-state index in [0.29, 0.717) is 22.6 Å². The quantitative estimate of drug-likeness (QED) is 0.575. The van der Waals surface area contributed by atoms with Gasteiger partial charge in [0.1, 0.15) is 0 Å². The Morgan fingerprint density at radius 1 is 1.12 bits per heavy atom. The van der Waals surface area contributed by atoms with Crippen LogP contribution in [-0.4, -0.2) is 39.3 Å². The van der Waals surface area contributed by atoms with Crippen LogP contribution in [0.3, 0.4) is 0 Å². The molecule has 1 saturated heterocycles. The molecule has 2 aromatic heterocycles. The molecule has 32 heavy (non-hydrogen) atoms. The van der Waals surface area contributed by atoms with E-state index in [-0.39, 0.29) is 30.3 Å². The molecule has 1 unspecified atom stereocenters. The van der Waals surface area contributed by atoms with Crippen molar-refractivity contribution >= 4 is 52.3 Å². The highest BCUT2D eigenvalue weighted by Gasteiger charge is 2.27. The molecule has 0 spiro atoms. The Morgan fingerprint density at radius 2 is 1.91 bits per heavy atom. The molecule has 1 aliphatic rings. The van der Waals surface area contributed by atoms with Crippen molar-refractivity contribution in [1.29, 1.82) is 0 Å². The molecule has 0 bridgehead atoms. The summed E-state index contributed by atoms with van der Waals surface area (Å²) >= 11 is 0. The van der Waals surface area contributed by atoms with Crippen molar-refractivity contribution in [2.45, 2.75) is 46.1 Å². The van der Waals surface area contributed by atoms with Crippen molar-refractivity contribution < 1.29 is 9.59 Å². The molecule has 1 aliphatic heterocycles. The van der Waals surface area contributed by atoms with Gasteiger partial charge in [-0.3, -0.25) is 9.59 Å². The van der Waals surface area contributed by atoms with Gasteiger partial charge in [-0.1, -0.05) is 6.07 Å². The summed E-state index contributed by atoms with van der Waals surface area (Å²) in [5, 5.41) is 6.98. The number of piperidine rings is 1. The molecule has 3 aromatic rings. The summed E-state index contributed by atoms with van der Waals surface area (Å²) in [4.78, 5) is 35.9. The van der Waals surface area contributed by atoms with Crippen LogP contribution in [0.2, 0.25) is 0 Å². The molecule has 1 fully saturated rings. The number of carbonyl (C=O) groups is 2. The average Bonchev–Trinajstić information content (AvgIpc) is 2.73. The Labute approximate surface area is 194 Å². The van der Waals surface area contributed by atoms with E-state index in [2.05, 4.69) is 27.5 Å². The van der Waals surface area contributed by atoms with Crippen molar-refractivity contribution in [3.63, 3.8) is 0 Å². The van der Waals surface area contributed by atoms with E-state index >= 15 is 0 Å². The zero-order valence-corrected chi connectivity index (χ0v) is 19.3. The first-order valence-electron chi connectivity index (χ1n) is 10.6. The first kappa shape index (κ1) is 23.5. The first-order valence-corrected chi connectivity index (χ1v) is 10.6. The normalized spacial score (nSPS) is 15.7. The number of nitrogens with zero attached hydrogens (tertiary/aromatic N) is 3. The van der Waals surface area contributed by atoms with Gasteiger partial charge in [0.2, 0.25) is 5.91 Å². The number of hydrogen-bond donors (Lipinski definition) is 2. The van der Waals surface area contributed by atoms with Gasteiger partial charge in [0, 0.05) is 48.2 Å². The average molecular weight is 454 g/mol. The summed E-state index contributed by atoms with van der Waals surface area (Å²) in [6.07, 6.45) is 4.79. The predicted octanol–water partition coefficient (Wildman–Crippen LogP) is 5.08. The molecule has 0 saturated carbocycles. The second-order valence-corrected chi connectivity index (χ2v) is 8.10. The number of rotatable bonds is 4. The number of likely N-dealkylation sites (tertiary alicyclic amines) is 1. The van der Waals surface area contributed by atoms with Crippen molar-refractivity contribution in [3.8, 4) is 0 Å². The monoisotopic (exact) mass is 453 g/mol. The molecule has 2 N–H and O–H groups in total. The van der Waals surface area contributed by atoms with E-state index in [0.717, 1.165) is 42.6 Å². The van der Waals surface area contributed by atoms with Crippen LogP contribution >= 0.6 is 12.4 Å². The third-order valence-electron chi connectivity index (χ3n) is 5.62. The van der Waals surface area contributed by atoms with Crippen LogP contribution in [0.1, 0.15) is 49.2 Å². The van der Waals surface area contributed by atoms with Crippen LogP contribution in [0.25, 0.3) is 11.0 Å². The highest BCUT2D eigenvalue weighted by atomic mass is 35.5. The minimum Gasteiger partial charge on any atom is -0.354 e. The van der Waals surface area contributed by atoms with Gasteiger partial charge in [0.25, 0.3) is 5.91 Å². The highest BCUT2D eigenvalue weighted by molar-refractivity contribution is 6.07. The first-order chi connectivity index (χ1) is 14.9. The topological polar surface area (TPSA) is 87.2 Å².